The van der Waals surface area contributed by atoms with E-state index in [4.69, 9.17) is 19.3 Å². The van der Waals surface area contributed by atoms with Gasteiger partial charge in [0.05, 0.1) is 25.4 Å². The Morgan fingerprint density at radius 1 is 1.40 bits per heavy atom. The zero-order valence-corrected chi connectivity index (χ0v) is 8.98. The minimum atomic E-state index is -0.645. The van der Waals surface area contributed by atoms with Crippen LogP contribution in [0.3, 0.4) is 0 Å². The molecule has 0 unspecified atom stereocenters. The topological polar surface area (TPSA) is 65.0 Å². The van der Waals surface area contributed by atoms with E-state index < -0.39 is 6.16 Å². The van der Waals surface area contributed by atoms with Crippen molar-refractivity contribution < 1.29 is 24.1 Å². The van der Waals surface area contributed by atoms with Gasteiger partial charge in [0.2, 0.25) is 0 Å². The van der Waals surface area contributed by atoms with E-state index in [0.29, 0.717) is 6.61 Å². The molecule has 5 heteroatoms. The second-order valence-electron chi connectivity index (χ2n) is 3.55. The van der Waals surface area contributed by atoms with Crippen LogP contribution >= 0.6 is 0 Å². The number of rotatable bonds is 5. The second kappa shape index (κ2) is 6.63. The van der Waals surface area contributed by atoms with Crippen molar-refractivity contribution in [2.45, 2.75) is 38.4 Å². The molecule has 0 aromatic heterocycles. The van der Waals surface area contributed by atoms with Gasteiger partial charge in [0, 0.05) is 0 Å². The Morgan fingerprint density at radius 3 is 2.73 bits per heavy atom. The standard InChI is InChI=1S/C10H18O5/c1-2-5-13-10(12)14-7-9-4-3-8(6-11)15-9/h8-9,11H,2-7H2,1H3/t8-,9-/m0/s1. The minimum Gasteiger partial charge on any atom is -0.434 e. The first-order chi connectivity index (χ1) is 7.26. The summed E-state index contributed by atoms with van der Waals surface area (Å²) in [6, 6.07) is 0. The SMILES string of the molecule is CCCOC(=O)OC[C@@H]1CC[C@@H](CO)O1. The van der Waals surface area contributed by atoms with Gasteiger partial charge in [-0.1, -0.05) is 6.92 Å². The Balaban J connectivity index is 2.07. The first kappa shape index (κ1) is 12.3. The van der Waals surface area contributed by atoms with Crippen molar-refractivity contribution in [2.75, 3.05) is 19.8 Å². The van der Waals surface area contributed by atoms with Crippen LogP contribution in [0.2, 0.25) is 0 Å². The third-order valence-corrected chi connectivity index (χ3v) is 2.21. The quantitative estimate of drug-likeness (QED) is 0.700. The molecule has 0 radical (unpaired) electrons. The molecule has 0 spiro atoms. The van der Waals surface area contributed by atoms with Crippen LogP contribution in [0.1, 0.15) is 26.2 Å². The monoisotopic (exact) mass is 218 g/mol. The van der Waals surface area contributed by atoms with Gasteiger partial charge in [0.1, 0.15) is 6.61 Å². The van der Waals surface area contributed by atoms with Crippen LogP contribution in [-0.2, 0) is 14.2 Å². The average molecular weight is 218 g/mol. The summed E-state index contributed by atoms with van der Waals surface area (Å²) in [6.07, 6.45) is 1.55. The van der Waals surface area contributed by atoms with E-state index in [9.17, 15) is 4.79 Å². The molecule has 0 bridgehead atoms. The van der Waals surface area contributed by atoms with Crippen LogP contribution in [-0.4, -0.2) is 43.3 Å². The lowest BCUT2D eigenvalue weighted by molar-refractivity contribution is -0.0294. The number of hydrogen-bond donors (Lipinski definition) is 1. The highest BCUT2D eigenvalue weighted by Gasteiger charge is 2.25. The molecule has 15 heavy (non-hydrogen) atoms. The molecule has 0 saturated carbocycles. The summed E-state index contributed by atoms with van der Waals surface area (Å²) >= 11 is 0. The highest BCUT2D eigenvalue weighted by molar-refractivity contribution is 5.59. The van der Waals surface area contributed by atoms with Crippen molar-refractivity contribution >= 4 is 6.16 Å². The number of carbonyl (C=O) groups excluding carboxylic acids is 1. The van der Waals surface area contributed by atoms with E-state index >= 15 is 0 Å². The van der Waals surface area contributed by atoms with Gasteiger partial charge in [-0.3, -0.25) is 0 Å². The van der Waals surface area contributed by atoms with Crippen LogP contribution in [0.5, 0.6) is 0 Å². The van der Waals surface area contributed by atoms with Crippen LogP contribution in [0.4, 0.5) is 4.79 Å². The Kier molecular flexibility index (Phi) is 5.42. The maximum absolute atomic E-state index is 11.0. The Morgan fingerprint density at radius 2 is 2.13 bits per heavy atom. The molecule has 0 aromatic rings. The van der Waals surface area contributed by atoms with Crippen LogP contribution in [0.25, 0.3) is 0 Å². The maximum Gasteiger partial charge on any atom is 0.508 e. The Labute approximate surface area is 89.3 Å². The van der Waals surface area contributed by atoms with Crippen molar-refractivity contribution in [3.05, 3.63) is 0 Å². The van der Waals surface area contributed by atoms with Gasteiger partial charge < -0.3 is 19.3 Å². The van der Waals surface area contributed by atoms with Crippen molar-refractivity contribution in [3.63, 3.8) is 0 Å². The van der Waals surface area contributed by atoms with Gasteiger partial charge in [-0.2, -0.15) is 0 Å². The smallest absolute Gasteiger partial charge is 0.434 e. The van der Waals surface area contributed by atoms with E-state index in [1.54, 1.807) is 0 Å². The normalized spacial score (nSPS) is 25.2. The van der Waals surface area contributed by atoms with Crippen molar-refractivity contribution in [3.8, 4) is 0 Å². The molecule has 0 aromatic carbocycles. The molecule has 1 saturated heterocycles. The van der Waals surface area contributed by atoms with E-state index in [1.807, 2.05) is 6.92 Å². The summed E-state index contributed by atoms with van der Waals surface area (Å²) in [5.74, 6) is 0. The Hall–Kier alpha value is -0.810. The zero-order valence-electron chi connectivity index (χ0n) is 8.98. The van der Waals surface area contributed by atoms with Gasteiger partial charge >= 0.3 is 6.16 Å². The van der Waals surface area contributed by atoms with Gasteiger partial charge in [-0.15, -0.1) is 0 Å². The molecule has 1 aliphatic rings. The van der Waals surface area contributed by atoms with Crippen LogP contribution in [0.15, 0.2) is 0 Å². The lowest BCUT2D eigenvalue weighted by Crippen LogP contribution is -2.21. The lowest BCUT2D eigenvalue weighted by atomic mass is 10.2. The van der Waals surface area contributed by atoms with Crippen molar-refractivity contribution in [1.82, 2.24) is 0 Å². The largest absolute Gasteiger partial charge is 0.508 e. The molecule has 5 nitrogen and oxygen atoms in total. The molecule has 1 N–H and O–H groups in total. The molecule has 2 atom stereocenters. The molecule has 1 heterocycles. The van der Waals surface area contributed by atoms with Gasteiger partial charge in [-0.25, -0.2) is 4.79 Å². The fourth-order valence-electron chi connectivity index (χ4n) is 1.43. The molecule has 0 amide bonds. The summed E-state index contributed by atoms with van der Waals surface area (Å²) < 4.78 is 15.0. The van der Waals surface area contributed by atoms with E-state index in [1.165, 1.54) is 0 Å². The fraction of sp³-hybridized carbons (Fsp3) is 0.900. The minimum absolute atomic E-state index is 0.0246. The average Bonchev–Trinajstić information content (AvgIpc) is 2.71. The van der Waals surface area contributed by atoms with E-state index in [0.717, 1.165) is 19.3 Å². The maximum atomic E-state index is 11.0. The molecule has 0 aliphatic carbocycles. The van der Waals surface area contributed by atoms with Crippen LogP contribution in [0, 0.1) is 0 Å². The van der Waals surface area contributed by atoms with Crippen LogP contribution < -0.4 is 0 Å². The zero-order chi connectivity index (χ0) is 11.1. The number of hydrogen-bond acceptors (Lipinski definition) is 5. The molecule has 1 aliphatic heterocycles. The van der Waals surface area contributed by atoms with Gasteiger partial charge in [0.15, 0.2) is 0 Å². The number of aliphatic hydroxyl groups is 1. The summed E-state index contributed by atoms with van der Waals surface area (Å²) in [4.78, 5) is 11.0. The number of carbonyl (C=O) groups is 1. The lowest BCUT2D eigenvalue weighted by Gasteiger charge is -2.12. The third-order valence-electron chi connectivity index (χ3n) is 2.21. The van der Waals surface area contributed by atoms with E-state index in [-0.39, 0.29) is 25.4 Å². The third kappa shape index (κ3) is 4.48. The fourth-order valence-corrected chi connectivity index (χ4v) is 1.43. The predicted molar refractivity (Wildman–Crippen MR) is 52.6 cm³/mol. The molecular weight excluding hydrogens is 200 g/mol. The van der Waals surface area contributed by atoms with E-state index in [2.05, 4.69) is 0 Å². The summed E-state index contributed by atoms with van der Waals surface area (Å²) in [6.45, 7) is 2.53. The number of ether oxygens (including phenoxy) is 3. The molecular formula is C10H18O5. The molecule has 1 rings (SSSR count). The van der Waals surface area contributed by atoms with Crippen molar-refractivity contribution in [1.29, 1.82) is 0 Å². The van der Waals surface area contributed by atoms with Gasteiger partial charge in [-0.05, 0) is 19.3 Å². The highest BCUT2D eigenvalue weighted by Crippen LogP contribution is 2.19. The summed E-state index contributed by atoms with van der Waals surface area (Å²) in [7, 11) is 0. The summed E-state index contributed by atoms with van der Waals surface area (Å²) in [5, 5.41) is 8.82. The first-order valence-electron chi connectivity index (χ1n) is 5.32. The Bertz CT molecular complexity index is 194. The van der Waals surface area contributed by atoms with Gasteiger partial charge in [0.25, 0.3) is 0 Å². The molecule has 88 valence electrons. The summed E-state index contributed by atoms with van der Waals surface area (Å²) in [5.41, 5.74) is 0. The van der Waals surface area contributed by atoms with Crippen molar-refractivity contribution in [2.24, 2.45) is 0 Å². The highest BCUT2D eigenvalue weighted by atomic mass is 16.7. The number of aliphatic hydroxyl groups excluding tert-OH is 1. The predicted octanol–water partition coefficient (Wildman–Crippen LogP) is 1.09. The second-order valence-corrected chi connectivity index (χ2v) is 3.55. The molecule has 1 fully saturated rings. The first-order valence-corrected chi connectivity index (χ1v) is 5.32.